The summed E-state index contributed by atoms with van der Waals surface area (Å²) in [7, 11) is 0. The van der Waals surface area contributed by atoms with E-state index in [4.69, 9.17) is 75.8 Å². The molecule has 3 fully saturated rings. The maximum Gasteiger partial charge on any atom is 0.311 e. The average molecular weight is 1470 g/mol. The van der Waals surface area contributed by atoms with Gasteiger partial charge in [0.05, 0.1) is 89.9 Å². The van der Waals surface area contributed by atoms with Crippen molar-refractivity contribution in [2.24, 2.45) is 10.8 Å². The molecule has 0 aliphatic carbocycles. The number of carbonyl (C=O) groups excluding carboxylic acids is 4. The summed E-state index contributed by atoms with van der Waals surface area (Å²) in [6.07, 6.45) is -17.1. The zero-order valence-electron chi connectivity index (χ0n) is 62.4. The van der Waals surface area contributed by atoms with E-state index in [2.05, 4.69) is 6.58 Å². The van der Waals surface area contributed by atoms with E-state index >= 15 is 4.79 Å². The normalized spacial score (nSPS) is 24.6. The lowest BCUT2D eigenvalue weighted by Gasteiger charge is -2.51. The van der Waals surface area contributed by atoms with E-state index < -0.39 is 121 Å². The number of ether oxygens (including phenoxy) is 16. The fourth-order valence-corrected chi connectivity index (χ4v) is 12.4. The highest BCUT2D eigenvalue weighted by atomic mass is 16.8. The highest BCUT2D eigenvalue weighted by Crippen LogP contribution is 2.41. The van der Waals surface area contributed by atoms with Crippen LogP contribution in [-0.4, -0.2) is 142 Å². The molecule has 3 aliphatic rings. The fourth-order valence-electron chi connectivity index (χ4n) is 12.4. The van der Waals surface area contributed by atoms with Gasteiger partial charge in [-0.2, -0.15) is 0 Å². The molecule has 10 rings (SSSR count). The van der Waals surface area contributed by atoms with Gasteiger partial charge in [-0.15, -0.1) is 6.58 Å². The highest BCUT2D eigenvalue weighted by Gasteiger charge is 2.59. The molecule has 3 heterocycles. The SMILES string of the molecule is C=CCCCO[C@@H]1O[C@H](COCc2ccccc2)[C@@H](O[C@@H]2O[C@H](COCc3ccccc3)[C@H](O[C@H]3O[C@H](COCc4ccccc4)[C@H](OCc4ccccc4)[C@H](OC(=O)CCC(C)=O)[C@H]3OCc3ccccc3)[C@H](OCc3ccccc3)[C@H]2OC(=O)C(C)(C)C)[C@H](OCc2ccccc2)[C@H]1OC(=O)C(C)(C)C. The Morgan fingerprint density at radius 2 is 0.664 bits per heavy atom. The van der Waals surface area contributed by atoms with Crippen LogP contribution >= 0.6 is 0 Å². The van der Waals surface area contributed by atoms with Crippen molar-refractivity contribution in [1.82, 2.24) is 0 Å². The molecule has 7 aromatic rings. The number of Topliss-reactive ketones (excluding diaryl/α,β-unsaturated/α-hetero) is 1. The van der Waals surface area contributed by atoms with E-state index in [1.165, 1.54) is 6.92 Å². The highest BCUT2D eigenvalue weighted by molar-refractivity contribution is 5.81. The summed E-state index contributed by atoms with van der Waals surface area (Å²) in [5.41, 5.74) is 3.53. The largest absolute Gasteiger partial charge is 0.456 e. The van der Waals surface area contributed by atoms with Crippen LogP contribution in [0.25, 0.3) is 0 Å². The van der Waals surface area contributed by atoms with Gasteiger partial charge >= 0.3 is 17.9 Å². The van der Waals surface area contributed by atoms with Crippen molar-refractivity contribution in [2.45, 2.75) is 213 Å². The summed E-state index contributed by atoms with van der Waals surface area (Å²) in [5.74, 6) is -2.16. The van der Waals surface area contributed by atoms with E-state index in [0.717, 1.165) is 38.9 Å². The molecule has 0 unspecified atom stereocenters. The lowest BCUT2D eigenvalue weighted by atomic mass is 9.93. The molecule has 20 heteroatoms. The van der Waals surface area contributed by atoms with Crippen LogP contribution in [0.5, 0.6) is 0 Å². The van der Waals surface area contributed by atoms with Gasteiger partial charge in [0.25, 0.3) is 0 Å². The van der Waals surface area contributed by atoms with E-state index in [0.29, 0.717) is 12.8 Å². The van der Waals surface area contributed by atoms with Crippen molar-refractivity contribution >= 4 is 23.7 Å². The van der Waals surface area contributed by atoms with Crippen molar-refractivity contribution in [1.29, 1.82) is 0 Å². The monoisotopic (exact) mass is 1470 g/mol. The molecule has 7 aromatic carbocycles. The van der Waals surface area contributed by atoms with Gasteiger partial charge in [-0.1, -0.05) is 218 Å². The summed E-state index contributed by atoms with van der Waals surface area (Å²) in [6, 6.07) is 66.9. The summed E-state index contributed by atoms with van der Waals surface area (Å²) < 4.78 is 112. The number of hydrogen-bond donors (Lipinski definition) is 0. The molecule has 0 N–H and O–H groups in total. The molecule has 107 heavy (non-hydrogen) atoms. The smallest absolute Gasteiger partial charge is 0.311 e. The topological polar surface area (TPSA) is 216 Å². The number of ketones is 1. The molecule has 572 valence electrons. The molecule has 0 bridgehead atoms. The van der Waals surface area contributed by atoms with Gasteiger partial charge in [0.2, 0.25) is 0 Å². The first kappa shape index (κ1) is 81.4. The Bertz CT molecular complexity index is 3750. The Labute approximate surface area is 629 Å². The van der Waals surface area contributed by atoms with Gasteiger partial charge in [0.15, 0.2) is 37.2 Å². The predicted octanol–water partition coefficient (Wildman–Crippen LogP) is 14.1. The van der Waals surface area contributed by atoms with Gasteiger partial charge < -0.3 is 80.6 Å². The second-order valence-electron chi connectivity index (χ2n) is 29.1. The van der Waals surface area contributed by atoms with Crippen LogP contribution in [0.1, 0.15) is 113 Å². The fraction of sp³-hybridized carbons (Fsp3) is 0.448. The third-order valence-corrected chi connectivity index (χ3v) is 18.2. The minimum absolute atomic E-state index is 0.00325. The van der Waals surface area contributed by atoms with Gasteiger partial charge in [-0.25, -0.2) is 0 Å². The third-order valence-electron chi connectivity index (χ3n) is 18.2. The van der Waals surface area contributed by atoms with E-state index in [1.807, 2.05) is 212 Å². The molecule has 0 spiro atoms. The van der Waals surface area contributed by atoms with Gasteiger partial charge in [-0.3, -0.25) is 14.4 Å². The second-order valence-corrected chi connectivity index (χ2v) is 29.1. The Morgan fingerprint density at radius 3 is 1.01 bits per heavy atom. The molecule has 0 saturated carbocycles. The number of rotatable bonds is 39. The molecule has 15 atom stereocenters. The van der Waals surface area contributed by atoms with E-state index in [1.54, 1.807) is 47.6 Å². The maximum atomic E-state index is 15.2. The Balaban J connectivity index is 1.14. The van der Waals surface area contributed by atoms with Crippen LogP contribution in [0.4, 0.5) is 0 Å². The first-order valence-corrected chi connectivity index (χ1v) is 36.9. The number of allylic oxidation sites excluding steroid dienone is 1. The molecule has 3 saturated heterocycles. The van der Waals surface area contributed by atoms with Crippen LogP contribution in [0.2, 0.25) is 0 Å². The van der Waals surface area contributed by atoms with Gasteiger partial charge in [-0.05, 0) is 100 Å². The first-order valence-electron chi connectivity index (χ1n) is 36.9. The molecule has 0 aromatic heterocycles. The molecular formula is C87H104O20. The molecule has 20 nitrogen and oxygen atoms in total. The van der Waals surface area contributed by atoms with E-state index in [9.17, 15) is 14.4 Å². The Hall–Kier alpha value is -8.16. The predicted molar refractivity (Wildman–Crippen MR) is 398 cm³/mol. The minimum atomic E-state index is -1.63. The van der Waals surface area contributed by atoms with Crippen molar-refractivity contribution in [3.63, 3.8) is 0 Å². The maximum absolute atomic E-state index is 15.2. The van der Waals surface area contributed by atoms with Crippen LogP contribution in [0, 0.1) is 10.8 Å². The average Bonchev–Trinajstić information content (AvgIpc) is 0.761. The minimum Gasteiger partial charge on any atom is -0.456 e. The van der Waals surface area contributed by atoms with Crippen molar-refractivity contribution < 1.29 is 95.0 Å². The zero-order valence-corrected chi connectivity index (χ0v) is 62.4. The number of unbranched alkanes of at least 4 members (excludes halogenated alkanes) is 1. The standard InChI is InChI=1S/C87H104O20/c1-9-10-32-49-95-81-79(106-84(90)86(3,4)5)75(97-54-65-41-26-15-27-42-65)73(69(100-81)58-93-51-62-35-20-12-21-36-62)105-83-80(107-85(91)87(6,7)8)76(98-55-66-43-28-16-29-44-66)74(70(102-83)59-94-52-63-37-22-13-23-38-63)104-82-78(99-56-67-45-30-17-31-46-67)77(103-71(89)48-47-60(2)88)72(96-53-64-39-24-14-25-40-64)68(101-82)57-92-50-61-33-18-11-19-34-61/h9,11-31,33-46,68-70,72-83H,1,10,32,47-59H2,2-8H3/t68-,69-,70-,72+,73-,74+,75+,76+,77+,78-,79-,80-,81-,82-,83+/m1/s1. The summed E-state index contributed by atoms with van der Waals surface area (Å²) >= 11 is 0. The number of carbonyl (C=O) groups is 4. The van der Waals surface area contributed by atoms with Crippen LogP contribution in [0.15, 0.2) is 225 Å². The first-order chi connectivity index (χ1) is 51.9. The van der Waals surface area contributed by atoms with Gasteiger partial charge in [0, 0.05) is 6.42 Å². The summed E-state index contributed by atoms with van der Waals surface area (Å²) in [4.78, 5) is 57.0. The number of benzene rings is 7. The van der Waals surface area contributed by atoms with Crippen molar-refractivity contribution in [2.75, 3.05) is 26.4 Å². The molecule has 3 aliphatic heterocycles. The second kappa shape index (κ2) is 41.4. The lowest BCUT2D eigenvalue weighted by molar-refractivity contribution is -0.389. The summed E-state index contributed by atoms with van der Waals surface area (Å²) in [6.45, 7) is 15.8. The molecule has 0 amide bonds. The molecule has 0 radical (unpaired) electrons. The number of esters is 3. The van der Waals surface area contributed by atoms with Crippen LogP contribution < -0.4 is 0 Å². The van der Waals surface area contributed by atoms with Crippen molar-refractivity contribution in [3.8, 4) is 0 Å². The lowest BCUT2D eigenvalue weighted by Crippen LogP contribution is -2.68. The van der Waals surface area contributed by atoms with Crippen LogP contribution in [0.3, 0.4) is 0 Å². The van der Waals surface area contributed by atoms with Crippen molar-refractivity contribution in [3.05, 3.63) is 264 Å². The Morgan fingerprint density at radius 1 is 0.355 bits per heavy atom. The Kier molecular flexibility index (Phi) is 31.5. The molecular weight excluding hydrogens is 1360 g/mol. The van der Waals surface area contributed by atoms with E-state index in [-0.39, 0.29) is 91.3 Å². The van der Waals surface area contributed by atoms with Gasteiger partial charge in [0.1, 0.15) is 60.7 Å². The number of hydrogen-bond acceptors (Lipinski definition) is 20. The van der Waals surface area contributed by atoms with Crippen LogP contribution in [-0.2, 0) is 141 Å². The third kappa shape index (κ3) is 25.2. The zero-order chi connectivity index (χ0) is 75.4. The summed E-state index contributed by atoms with van der Waals surface area (Å²) in [5, 5.41) is 0. The quantitative estimate of drug-likeness (QED) is 0.0151.